The van der Waals surface area contributed by atoms with Crippen LogP contribution in [0.1, 0.15) is 124 Å². The van der Waals surface area contributed by atoms with E-state index in [0.717, 1.165) is 11.8 Å². The largest absolute Gasteiger partial charge is 0.508 e. The molecule has 11 atom stereocenters. The number of aliphatic hydroxyl groups is 1. The fourth-order valence-corrected chi connectivity index (χ4v) is 9.21. The molecule has 0 radical (unpaired) electrons. The number of aromatic hydroxyl groups is 1. The molecule has 488 valence electrons. The van der Waals surface area contributed by atoms with E-state index in [1.807, 2.05) is 13.8 Å². The van der Waals surface area contributed by atoms with E-state index in [1.54, 1.807) is 13.8 Å². The van der Waals surface area contributed by atoms with E-state index in [4.69, 9.17) is 34.4 Å². The van der Waals surface area contributed by atoms with Gasteiger partial charge < -0.3 is 102 Å². The number of amides is 9. The Bertz CT molecular complexity index is 2540. The molecule has 87 heavy (non-hydrogen) atoms. The molecule has 0 aliphatic carbocycles. The number of phenolic OH excluding ortho intramolecular Hbond substituents is 1. The van der Waals surface area contributed by atoms with Crippen molar-refractivity contribution in [1.82, 2.24) is 47.4 Å². The fraction of sp³-hybridized carbons (Fsp3) is 0.655. The topological polar surface area (TPSA) is 549 Å². The SMILES string of the molecule is CC(C)C[C@H](N)C(=O)N[C@@H](CCCCN)C(=O)N[C@@H](Cc1ccc(O)cc1)C(=O)N[C@@H](CCCN=C(N)N)C(=O)N[C@@H](C)C(=O)N[C@@H](CCCN=C(N)N)C(=O)N[C@@H](CCC(=O)O)C(=O)N1CCC[C@H]1C(=O)N[C@H](C(=O)N[C@H](C(=O)O)[C@@H](C)O)C(C)C. The molecule has 1 aliphatic rings. The van der Waals surface area contributed by atoms with Crippen molar-refractivity contribution < 1.29 is 73.2 Å². The second-order valence-electron chi connectivity index (χ2n) is 22.2. The van der Waals surface area contributed by atoms with E-state index >= 15 is 0 Å². The van der Waals surface area contributed by atoms with Crippen LogP contribution in [0.5, 0.6) is 5.75 Å². The minimum absolute atomic E-state index is 0.00748. The molecule has 0 unspecified atom stereocenters. The number of carbonyl (C=O) groups is 11. The quantitative estimate of drug-likeness (QED) is 0.0168. The van der Waals surface area contributed by atoms with Gasteiger partial charge in [-0.2, -0.15) is 0 Å². The third-order valence-corrected chi connectivity index (χ3v) is 14.0. The van der Waals surface area contributed by atoms with Crippen molar-refractivity contribution in [2.45, 2.75) is 192 Å². The van der Waals surface area contributed by atoms with Crippen LogP contribution in [0.15, 0.2) is 34.3 Å². The van der Waals surface area contributed by atoms with Gasteiger partial charge >= 0.3 is 11.9 Å². The van der Waals surface area contributed by atoms with Gasteiger partial charge in [-0.05, 0) is 121 Å². The van der Waals surface area contributed by atoms with Crippen LogP contribution < -0.4 is 76.9 Å². The van der Waals surface area contributed by atoms with E-state index in [0.29, 0.717) is 31.4 Å². The molecule has 0 aromatic heterocycles. The number of unbranched alkanes of at least 4 members (excludes halogenated alkanes) is 1. The summed E-state index contributed by atoms with van der Waals surface area (Å²) in [6, 6.07) is -8.08. The number of carboxylic acids is 2. The molecule has 9 amide bonds. The summed E-state index contributed by atoms with van der Waals surface area (Å²) in [5.41, 5.74) is 34.4. The maximum atomic E-state index is 14.5. The van der Waals surface area contributed by atoms with Crippen molar-refractivity contribution in [2.75, 3.05) is 26.2 Å². The van der Waals surface area contributed by atoms with E-state index < -0.39 is 150 Å². The Morgan fingerprint density at radius 3 is 1.59 bits per heavy atom. The summed E-state index contributed by atoms with van der Waals surface area (Å²) in [6.45, 7) is 9.52. The summed E-state index contributed by atoms with van der Waals surface area (Å²) < 4.78 is 0. The maximum absolute atomic E-state index is 14.5. The lowest BCUT2D eigenvalue weighted by molar-refractivity contribution is -0.146. The Kier molecular flexibility index (Phi) is 32.6. The van der Waals surface area contributed by atoms with Crippen LogP contribution in [0.4, 0.5) is 0 Å². The van der Waals surface area contributed by atoms with Crippen molar-refractivity contribution in [3.05, 3.63) is 29.8 Å². The molecule has 2 rings (SSSR count). The van der Waals surface area contributed by atoms with Gasteiger partial charge in [0.25, 0.3) is 0 Å². The molecule has 1 aromatic carbocycles. The van der Waals surface area contributed by atoms with E-state index in [9.17, 15) is 73.2 Å². The van der Waals surface area contributed by atoms with Crippen LogP contribution in [-0.2, 0) is 59.2 Å². The smallest absolute Gasteiger partial charge is 0.328 e. The standard InChI is InChI=1S/C55H93N17O15/c1-28(2)26-34(57)45(78)66-35(12-7-8-22-56)48(81)69-39(27-32-16-18-33(74)19-17-32)49(82)67-36(13-9-23-62-54(58)59)46(79)64-30(5)44(77)65-37(14-10-24-63-55(60)61)47(80)68-38(20-21-41(75)76)52(85)72-25-11-15-40(72)50(83)70-42(29(3)4)51(84)71-43(31(6)73)53(86)87/h16-19,28-31,34-40,42-43,73-74H,7-15,20-27,56-57H2,1-6H3,(H,64,79)(H,65,77)(H,66,78)(H,67,82)(H,68,80)(H,69,81)(H,70,83)(H,71,84)(H,75,76)(H,86,87)(H4,58,59,62)(H4,60,61,63)/t30-,31+,34-,35-,36-,37-,38-,39-,40-,42-,43-/m0/s1. The zero-order valence-electron chi connectivity index (χ0n) is 50.4. The Morgan fingerprint density at radius 1 is 0.598 bits per heavy atom. The minimum Gasteiger partial charge on any atom is -0.508 e. The second-order valence-corrected chi connectivity index (χ2v) is 22.2. The Labute approximate surface area is 505 Å². The normalized spacial score (nSPS) is 16.4. The van der Waals surface area contributed by atoms with Crippen molar-refractivity contribution in [3.8, 4) is 5.75 Å². The predicted octanol–water partition coefficient (Wildman–Crippen LogP) is -4.58. The van der Waals surface area contributed by atoms with Crippen LogP contribution in [0.25, 0.3) is 0 Å². The molecule has 24 N–H and O–H groups in total. The predicted molar refractivity (Wildman–Crippen MR) is 319 cm³/mol. The lowest BCUT2D eigenvalue weighted by Crippen LogP contribution is -2.60. The first-order valence-corrected chi connectivity index (χ1v) is 29.1. The highest BCUT2D eigenvalue weighted by Gasteiger charge is 2.41. The van der Waals surface area contributed by atoms with Gasteiger partial charge in [-0.15, -0.1) is 0 Å². The van der Waals surface area contributed by atoms with E-state index in [2.05, 4.69) is 52.5 Å². The molecule has 32 nitrogen and oxygen atoms in total. The lowest BCUT2D eigenvalue weighted by atomic mass is 10.0. The first-order valence-electron chi connectivity index (χ1n) is 29.1. The highest BCUT2D eigenvalue weighted by Crippen LogP contribution is 2.21. The van der Waals surface area contributed by atoms with Gasteiger partial charge in [-0.25, -0.2) is 4.79 Å². The highest BCUT2D eigenvalue weighted by molar-refractivity contribution is 5.99. The number of hydrogen-bond donors (Lipinski definition) is 18. The number of nitrogens with two attached hydrogens (primary N) is 6. The number of aliphatic imine (C=N–C) groups is 2. The average Bonchev–Trinajstić information content (AvgIpc) is 3.33. The monoisotopic (exact) mass is 1230 g/mol. The summed E-state index contributed by atoms with van der Waals surface area (Å²) in [6.07, 6.45) is -1.29. The molecule has 1 aromatic rings. The molecule has 0 spiro atoms. The second kappa shape index (κ2) is 37.9. The summed E-state index contributed by atoms with van der Waals surface area (Å²) in [5.74, 6) is -11.8. The van der Waals surface area contributed by atoms with Gasteiger partial charge in [0.15, 0.2) is 18.0 Å². The van der Waals surface area contributed by atoms with Gasteiger partial charge in [-0.1, -0.05) is 39.8 Å². The van der Waals surface area contributed by atoms with Crippen LogP contribution in [0.3, 0.4) is 0 Å². The molecule has 1 fully saturated rings. The summed E-state index contributed by atoms with van der Waals surface area (Å²) in [7, 11) is 0. The lowest BCUT2D eigenvalue weighted by Gasteiger charge is -2.31. The van der Waals surface area contributed by atoms with Crippen molar-refractivity contribution in [2.24, 2.45) is 56.2 Å². The first-order chi connectivity index (χ1) is 40.9. The molecule has 1 heterocycles. The van der Waals surface area contributed by atoms with E-state index in [1.165, 1.54) is 31.2 Å². The third kappa shape index (κ3) is 27.2. The number of carboxylic acid groups (broad SMARTS) is 2. The zero-order chi connectivity index (χ0) is 65.7. The van der Waals surface area contributed by atoms with Gasteiger partial charge in [-0.3, -0.25) is 57.9 Å². The molecule has 1 aliphatic heterocycles. The Hall–Kier alpha value is -8.39. The maximum Gasteiger partial charge on any atom is 0.328 e. The summed E-state index contributed by atoms with van der Waals surface area (Å²) >= 11 is 0. The molecular formula is C55H93N17O15. The number of hydrogen-bond acceptors (Lipinski definition) is 17. The number of benzene rings is 1. The highest BCUT2D eigenvalue weighted by atomic mass is 16.4. The van der Waals surface area contributed by atoms with Gasteiger partial charge in [0, 0.05) is 32.5 Å². The zero-order valence-corrected chi connectivity index (χ0v) is 50.4. The van der Waals surface area contributed by atoms with Crippen molar-refractivity contribution in [3.63, 3.8) is 0 Å². The summed E-state index contributed by atoms with van der Waals surface area (Å²) in [5, 5.41) is 59.5. The number of aliphatic hydroxyl groups excluding tert-OH is 1. The van der Waals surface area contributed by atoms with Crippen molar-refractivity contribution in [1.29, 1.82) is 0 Å². The molecular weight excluding hydrogens is 1140 g/mol. The Balaban J connectivity index is 2.50. The molecule has 0 saturated carbocycles. The van der Waals surface area contributed by atoms with Crippen LogP contribution in [0.2, 0.25) is 0 Å². The van der Waals surface area contributed by atoms with Crippen LogP contribution >= 0.6 is 0 Å². The van der Waals surface area contributed by atoms with Crippen LogP contribution in [0, 0.1) is 11.8 Å². The number of nitrogens with one attached hydrogen (secondary N) is 8. The van der Waals surface area contributed by atoms with Gasteiger partial charge in [0.2, 0.25) is 53.2 Å². The Morgan fingerprint density at radius 2 is 1.09 bits per heavy atom. The number of aliphatic carboxylic acids is 2. The number of nitrogens with zero attached hydrogens (tertiary/aromatic N) is 3. The van der Waals surface area contributed by atoms with Gasteiger partial charge in [0.1, 0.15) is 54.1 Å². The minimum atomic E-state index is -1.71. The van der Waals surface area contributed by atoms with Crippen LogP contribution in [-0.4, -0.2) is 195 Å². The number of carbonyl (C=O) groups excluding carboxylic acids is 9. The summed E-state index contributed by atoms with van der Waals surface area (Å²) in [4.78, 5) is 158. The van der Waals surface area contributed by atoms with E-state index in [-0.39, 0.29) is 94.6 Å². The fourth-order valence-electron chi connectivity index (χ4n) is 9.21. The van der Waals surface area contributed by atoms with Crippen molar-refractivity contribution >= 4 is 77.0 Å². The first kappa shape index (κ1) is 74.7. The number of likely N-dealkylation sites (tertiary alicyclic amines) is 1. The average molecular weight is 1230 g/mol. The number of rotatable bonds is 39. The number of guanidine groups is 2. The molecule has 1 saturated heterocycles. The molecule has 0 bridgehead atoms. The van der Waals surface area contributed by atoms with Gasteiger partial charge in [0.05, 0.1) is 12.1 Å². The number of phenols is 1. The third-order valence-electron chi connectivity index (χ3n) is 14.0. The molecule has 32 heteroatoms.